The highest BCUT2D eigenvalue weighted by Gasteiger charge is 2.12. The molecule has 0 heterocycles. The summed E-state index contributed by atoms with van der Waals surface area (Å²) in [7, 11) is 0. The Labute approximate surface area is 91.3 Å². The van der Waals surface area contributed by atoms with Crippen LogP contribution < -0.4 is 10.5 Å². The van der Waals surface area contributed by atoms with Gasteiger partial charge in [0.25, 0.3) is 0 Å². The predicted molar refractivity (Wildman–Crippen MR) is 54.4 cm³/mol. The lowest BCUT2D eigenvalue weighted by Gasteiger charge is -2.12. The average molecular weight is 230 g/mol. The summed E-state index contributed by atoms with van der Waals surface area (Å²) in [5.41, 5.74) is 5.30. The predicted octanol–water partition coefficient (Wildman–Crippen LogP) is 1.73. The molecule has 0 aliphatic heterocycles. The van der Waals surface area contributed by atoms with E-state index in [1.807, 2.05) is 0 Å². The first-order valence-corrected chi connectivity index (χ1v) is 4.60. The van der Waals surface area contributed by atoms with Crippen LogP contribution in [0.5, 0.6) is 5.75 Å². The van der Waals surface area contributed by atoms with Crippen LogP contribution in [-0.2, 0) is 0 Å². The monoisotopic (exact) mass is 230 g/mol. The van der Waals surface area contributed by atoms with E-state index < -0.39 is 17.6 Å². The number of benzene rings is 1. The Hall–Kier alpha value is -1.85. The lowest BCUT2D eigenvalue weighted by Crippen LogP contribution is -2.26. The first-order chi connectivity index (χ1) is 7.56. The van der Waals surface area contributed by atoms with Gasteiger partial charge in [-0.25, -0.2) is 4.39 Å². The maximum absolute atomic E-state index is 13.1. The molecule has 0 aromatic heterocycles. The molecular formula is C10H12F2N2O2. The molecule has 1 aromatic rings. The van der Waals surface area contributed by atoms with Gasteiger partial charge >= 0.3 is 0 Å². The molecule has 1 rings (SSSR count). The SMILES string of the molecule is CC(COc1cccc(F)c1F)C(N)=NO. The minimum absolute atomic E-state index is 0.00370. The summed E-state index contributed by atoms with van der Waals surface area (Å²) in [6.45, 7) is 1.63. The molecule has 16 heavy (non-hydrogen) atoms. The summed E-state index contributed by atoms with van der Waals surface area (Å²) < 4.78 is 30.9. The number of ether oxygens (including phenoxy) is 1. The summed E-state index contributed by atoms with van der Waals surface area (Å²) in [5, 5.41) is 11.2. The molecule has 1 aromatic carbocycles. The van der Waals surface area contributed by atoms with Gasteiger partial charge in [-0.15, -0.1) is 0 Å². The van der Waals surface area contributed by atoms with E-state index in [9.17, 15) is 8.78 Å². The molecule has 0 saturated carbocycles. The van der Waals surface area contributed by atoms with Crippen LogP contribution in [0.1, 0.15) is 6.92 Å². The minimum Gasteiger partial charge on any atom is -0.490 e. The summed E-state index contributed by atoms with van der Waals surface area (Å²) in [4.78, 5) is 0. The third-order valence-corrected chi connectivity index (χ3v) is 2.03. The van der Waals surface area contributed by atoms with E-state index >= 15 is 0 Å². The molecule has 0 aliphatic rings. The normalized spacial score (nSPS) is 13.6. The Morgan fingerprint density at radius 1 is 1.56 bits per heavy atom. The number of hydrogen-bond acceptors (Lipinski definition) is 3. The molecule has 3 N–H and O–H groups in total. The number of oxime groups is 1. The number of nitrogens with zero attached hydrogens (tertiary/aromatic N) is 1. The molecule has 0 spiro atoms. The smallest absolute Gasteiger partial charge is 0.200 e. The number of hydrogen-bond donors (Lipinski definition) is 2. The van der Waals surface area contributed by atoms with Gasteiger partial charge in [0.2, 0.25) is 5.82 Å². The highest BCUT2D eigenvalue weighted by molar-refractivity contribution is 5.81. The molecule has 6 heteroatoms. The Kier molecular flexibility index (Phi) is 4.04. The standard InChI is InChI=1S/C10H12F2N2O2/c1-6(10(13)14-15)5-16-8-4-2-3-7(11)9(8)12/h2-4,6,15H,5H2,1H3,(H2,13,14). The molecule has 88 valence electrons. The van der Waals surface area contributed by atoms with Gasteiger partial charge in [-0.1, -0.05) is 18.1 Å². The van der Waals surface area contributed by atoms with Gasteiger partial charge in [0.15, 0.2) is 11.6 Å². The molecule has 0 aliphatic carbocycles. The zero-order valence-corrected chi connectivity index (χ0v) is 8.65. The van der Waals surface area contributed by atoms with E-state index in [4.69, 9.17) is 15.7 Å². The van der Waals surface area contributed by atoms with Crippen molar-refractivity contribution >= 4 is 5.84 Å². The van der Waals surface area contributed by atoms with Crippen molar-refractivity contribution in [1.82, 2.24) is 0 Å². The van der Waals surface area contributed by atoms with Crippen LogP contribution in [0, 0.1) is 17.6 Å². The van der Waals surface area contributed by atoms with Crippen LogP contribution in [0.2, 0.25) is 0 Å². The van der Waals surface area contributed by atoms with Crippen molar-refractivity contribution in [3.05, 3.63) is 29.8 Å². The van der Waals surface area contributed by atoms with Gasteiger partial charge in [0.1, 0.15) is 5.84 Å². The lowest BCUT2D eigenvalue weighted by atomic mass is 10.2. The summed E-state index contributed by atoms with van der Waals surface area (Å²) in [5.74, 6) is -2.65. The van der Waals surface area contributed by atoms with Crippen LogP contribution >= 0.6 is 0 Å². The van der Waals surface area contributed by atoms with E-state index in [1.54, 1.807) is 6.92 Å². The largest absolute Gasteiger partial charge is 0.490 e. The number of amidine groups is 1. The Bertz CT molecular complexity index is 396. The van der Waals surface area contributed by atoms with Crippen LogP contribution in [0.3, 0.4) is 0 Å². The fourth-order valence-electron chi connectivity index (χ4n) is 0.994. The third-order valence-electron chi connectivity index (χ3n) is 2.03. The maximum Gasteiger partial charge on any atom is 0.200 e. The van der Waals surface area contributed by atoms with E-state index in [1.165, 1.54) is 12.1 Å². The fraction of sp³-hybridized carbons (Fsp3) is 0.300. The second-order valence-electron chi connectivity index (χ2n) is 3.29. The van der Waals surface area contributed by atoms with E-state index in [-0.39, 0.29) is 18.2 Å². The van der Waals surface area contributed by atoms with Crippen molar-refractivity contribution in [3.8, 4) is 5.75 Å². The van der Waals surface area contributed by atoms with Gasteiger partial charge < -0.3 is 15.7 Å². The van der Waals surface area contributed by atoms with Crippen LogP contribution in [0.25, 0.3) is 0 Å². The van der Waals surface area contributed by atoms with Gasteiger partial charge in [-0.05, 0) is 12.1 Å². The summed E-state index contributed by atoms with van der Waals surface area (Å²) in [6, 6.07) is 3.63. The molecule has 1 unspecified atom stereocenters. The third kappa shape index (κ3) is 2.82. The van der Waals surface area contributed by atoms with Crippen molar-refractivity contribution in [3.63, 3.8) is 0 Å². The molecule has 0 bridgehead atoms. The van der Waals surface area contributed by atoms with Gasteiger partial charge in [0.05, 0.1) is 12.5 Å². The molecule has 4 nitrogen and oxygen atoms in total. The molecule has 0 radical (unpaired) electrons. The number of halogens is 2. The van der Waals surface area contributed by atoms with Crippen molar-refractivity contribution in [1.29, 1.82) is 0 Å². The average Bonchev–Trinajstić information content (AvgIpc) is 2.29. The highest BCUT2D eigenvalue weighted by Crippen LogP contribution is 2.19. The fourth-order valence-corrected chi connectivity index (χ4v) is 0.994. The molecular weight excluding hydrogens is 218 g/mol. The lowest BCUT2D eigenvalue weighted by molar-refractivity contribution is 0.265. The topological polar surface area (TPSA) is 67.8 Å². The Balaban J connectivity index is 2.65. The van der Waals surface area contributed by atoms with Crippen molar-refractivity contribution in [2.24, 2.45) is 16.8 Å². The zero-order chi connectivity index (χ0) is 12.1. The Morgan fingerprint density at radius 2 is 2.25 bits per heavy atom. The summed E-state index contributed by atoms with van der Waals surface area (Å²) in [6.07, 6.45) is 0. The number of rotatable bonds is 4. The molecule has 0 amide bonds. The van der Waals surface area contributed by atoms with Crippen LogP contribution in [0.15, 0.2) is 23.4 Å². The number of nitrogens with two attached hydrogens (primary N) is 1. The summed E-state index contributed by atoms with van der Waals surface area (Å²) >= 11 is 0. The molecule has 1 atom stereocenters. The second kappa shape index (κ2) is 5.29. The van der Waals surface area contributed by atoms with E-state index in [0.29, 0.717) is 0 Å². The maximum atomic E-state index is 13.1. The van der Waals surface area contributed by atoms with E-state index in [0.717, 1.165) is 6.07 Å². The zero-order valence-electron chi connectivity index (χ0n) is 8.65. The molecule has 0 fully saturated rings. The second-order valence-corrected chi connectivity index (χ2v) is 3.29. The Morgan fingerprint density at radius 3 is 2.88 bits per heavy atom. The van der Waals surface area contributed by atoms with Crippen LogP contribution in [0.4, 0.5) is 8.78 Å². The van der Waals surface area contributed by atoms with Gasteiger partial charge in [-0.2, -0.15) is 4.39 Å². The quantitative estimate of drug-likeness (QED) is 0.358. The van der Waals surface area contributed by atoms with Gasteiger partial charge in [0, 0.05) is 0 Å². The van der Waals surface area contributed by atoms with Crippen molar-refractivity contribution in [2.45, 2.75) is 6.92 Å². The molecule has 0 saturated heterocycles. The highest BCUT2D eigenvalue weighted by atomic mass is 19.2. The van der Waals surface area contributed by atoms with Crippen molar-refractivity contribution in [2.75, 3.05) is 6.61 Å². The van der Waals surface area contributed by atoms with Gasteiger partial charge in [-0.3, -0.25) is 0 Å². The van der Waals surface area contributed by atoms with Crippen LogP contribution in [-0.4, -0.2) is 17.6 Å². The first kappa shape index (κ1) is 12.2. The minimum atomic E-state index is -1.05. The van der Waals surface area contributed by atoms with E-state index in [2.05, 4.69) is 5.16 Å². The van der Waals surface area contributed by atoms with Crippen molar-refractivity contribution < 1.29 is 18.7 Å². The first-order valence-electron chi connectivity index (χ1n) is 4.60.